The van der Waals surface area contributed by atoms with Crippen molar-refractivity contribution in [1.82, 2.24) is 9.97 Å². The van der Waals surface area contributed by atoms with Crippen molar-refractivity contribution >= 4 is 17.3 Å². The van der Waals surface area contributed by atoms with E-state index in [1.165, 1.54) is 12.1 Å². The average molecular weight is 382 g/mol. The highest BCUT2D eigenvalue weighted by atomic mass is 19.1. The molecule has 1 heterocycles. The lowest BCUT2D eigenvalue weighted by Gasteiger charge is -2.12. The van der Waals surface area contributed by atoms with Crippen LogP contribution in [-0.2, 0) is 6.42 Å². The number of nitrogens with one attached hydrogen (secondary N) is 2. The van der Waals surface area contributed by atoms with Crippen LogP contribution in [0.2, 0.25) is 0 Å². The normalized spacial score (nSPS) is 10.4. The molecule has 0 bridgehead atoms. The van der Waals surface area contributed by atoms with E-state index in [1.807, 2.05) is 31.2 Å². The van der Waals surface area contributed by atoms with E-state index >= 15 is 0 Å². The molecule has 0 aliphatic carbocycles. The van der Waals surface area contributed by atoms with Crippen LogP contribution in [0.15, 0.2) is 48.5 Å². The van der Waals surface area contributed by atoms with Gasteiger partial charge in [-0.25, -0.2) is 14.4 Å². The third-order valence-corrected chi connectivity index (χ3v) is 4.12. The molecule has 146 valence electrons. The number of hydrogen-bond acceptors (Lipinski definition) is 6. The highest BCUT2D eigenvalue weighted by molar-refractivity contribution is 5.59. The van der Waals surface area contributed by atoms with Crippen LogP contribution in [0.25, 0.3) is 0 Å². The average Bonchev–Trinajstić information content (AvgIpc) is 2.69. The maximum atomic E-state index is 13.0. The SMILES string of the molecule is COc1ccc(CCNc2cc(Nc3ccc(F)cc3)nc(C)n2)cc1OC. The summed E-state index contributed by atoms with van der Waals surface area (Å²) >= 11 is 0. The lowest BCUT2D eigenvalue weighted by atomic mass is 10.1. The molecule has 0 radical (unpaired) electrons. The largest absolute Gasteiger partial charge is 0.493 e. The van der Waals surface area contributed by atoms with Crippen LogP contribution in [0.3, 0.4) is 0 Å². The van der Waals surface area contributed by atoms with Gasteiger partial charge in [-0.1, -0.05) is 6.07 Å². The van der Waals surface area contributed by atoms with Gasteiger partial charge < -0.3 is 20.1 Å². The van der Waals surface area contributed by atoms with E-state index in [0.717, 1.165) is 23.5 Å². The van der Waals surface area contributed by atoms with E-state index in [1.54, 1.807) is 26.4 Å². The number of nitrogens with zero attached hydrogens (tertiary/aromatic N) is 2. The lowest BCUT2D eigenvalue weighted by molar-refractivity contribution is 0.354. The van der Waals surface area contributed by atoms with Crippen molar-refractivity contribution in [2.45, 2.75) is 13.3 Å². The molecule has 0 spiro atoms. The first-order valence-corrected chi connectivity index (χ1v) is 8.90. The number of aryl methyl sites for hydroxylation is 1. The van der Waals surface area contributed by atoms with E-state index in [9.17, 15) is 4.39 Å². The molecule has 0 amide bonds. The standard InChI is InChI=1S/C21H23FN4O2/c1-14-24-20(13-21(25-14)26-17-7-5-16(22)6-8-17)23-11-10-15-4-9-18(27-2)19(12-15)28-3/h4-9,12-13H,10-11H2,1-3H3,(H2,23,24,25,26). The molecule has 1 aromatic heterocycles. The van der Waals surface area contributed by atoms with Gasteiger partial charge in [-0.15, -0.1) is 0 Å². The third-order valence-electron chi connectivity index (χ3n) is 4.12. The van der Waals surface area contributed by atoms with Gasteiger partial charge in [-0.2, -0.15) is 0 Å². The number of rotatable bonds is 8. The maximum Gasteiger partial charge on any atom is 0.160 e. The predicted molar refractivity (Wildman–Crippen MR) is 108 cm³/mol. The molecule has 0 atom stereocenters. The molecule has 2 aromatic carbocycles. The van der Waals surface area contributed by atoms with Gasteiger partial charge in [0.05, 0.1) is 14.2 Å². The summed E-state index contributed by atoms with van der Waals surface area (Å²) in [5.74, 6) is 3.15. The molecule has 0 fully saturated rings. The van der Waals surface area contributed by atoms with Crippen LogP contribution in [0.5, 0.6) is 11.5 Å². The van der Waals surface area contributed by atoms with Crippen LogP contribution < -0.4 is 20.1 Å². The molecule has 3 aromatic rings. The summed E-state index contributed by atoms with van der Waals surface area (Å²) in [5.41, 5.74) is 1.89. The van der Waals surface area contributed by atoms with Crippen LogP contribution in [0.4, 0.5) is 21.7 Å². The summed E-state index contributed by atoms with van der Waals surface area (Å²) in [5, 5.41) is 6.47. The molecule has 0 saturated heterocycles. The highest BCUT2D eigenvalue weighted by Gasteiger charge is 2.06. The summed E-state index contributed by atoms with van der Waals surface area (Å²) < 4.78 is 23.6. The smallest absolute Gasteiger partial charge is 0.160 e. The van der Waals surface area contributed by atoms with E-state index in [0.29, 0.717) is 29.7 Å². The zero-order valence-corrected chi connectivity index (χ0v) is 16.1. The quantitative estimate of drug-likeness (QED) is 0.604. The van der Waals surface area contributed by atoms with Crippen molar-refractivity contribution in [3.05, 3.63) is 65.7 Å². The van der Waals surface area contributed by atoms with Gasteiger partial charge in [-0.05, 0) is 55.3 Å². The minimum absolute atomic E-state index is 0.276. The first kappa shape index (κ1) is 19.4. The van der Waals surface area contributed by atoms with Crippen LogP contribution in [-0.4, -0.2) is 30.7 Å². The number of methoxy groups -OCH3 is 2. The zero-order valence-electron chi connectivity index (χ0n) is 16.1. The fourth-order valence-electron chi connectivity index (χ4n) is 2.77. The Balaban J connectivity index is 1.63. The van der Waals surface area contributed by atoms with Gasteiger partial charge in [0.2, 0.25) is 0 Å². The van der Waals surface area contributed by atoms with E-state index < -0.39 is 0 Å². The monoisotopic (exact) mass is 382 g/mol. The Hall–Kier alpha value is -3.35. The van der Waals surface area contributed by atoms with Crippen molar-refractivity contribution in [3.8, 4) is 11.5 Å². The molecule has 0 aliphatic rings. The Bertz CT molecular complexity index is 932. The van der Waals surface area contributed by atoms with Crippen molar-refractivity contribution in [2.24, 2.45) is 0 Å². The van der Waals surface area contributed by atoms with Crippen LogP contribution >= 0.6 is 0 Å². The molecular formula is C21H23FN4O2. The third kappa shape index (κ3) is 5.09. The first-order valence-electron chi connectivity index (χ1n) is 8.90. The van der Waals surface area contributed by atoms with Crippen LogP contribution in [0, 0.1) is 12.7 Å². The van der Waals surface area contributed by atoms with Crippen molar-refractivity contribution in [1.29, 1.82) is 0 Å². The Morgan fingerprint density at radius 2 is 1.61 bits per heavy atom. The summed E-state index contributed by atoms with van der Waals surface area (Å²) in [6, 6.07) is 13.8. The van der Waals surface area contributed by atoms with Crippen molar-refractivity contribution in [3.63, 3.8) is 0 Å². The minimum Gasteiger partial charge on any atom is -0.493 e. The predicted octanol–water partition coefficient (Wildman–Crippen LogP) is 4.34. The maximum absolute atomic E-state index is 13.0. The summed E-state index contributed by atoms with van der Waals surface area (Å²) in [4.78, 5) is 8.79. The summed E-state index contributed by atoms with van der Waals surface area (Å²) in [7, 11) is 3.24. The number of benzene rings is 2. The molecule has 0 unspecified atom stereocenters. The van der Waals surface area contributed by atoms with Gasteiger partial charge in [0.1, 0.15) is 23.3 Å². The molecule has 3 rings (SSSR count). The molecule has 28 heavy (non-hydrogen) atoms. The van der Waals surface area contributed by atoms with Gasteiger partial charge in [-0.3, -0.25) is 0 Å². The molecule has 0 aliphatic heterocycles. The molecule has 0 saturated carbocycles. The number of aromatic nitrogens is 2. The Morgan fingerprint density at radius 3 is 2.32 bits per heavy atom. The minimum atomic E-state index is -0.276. The number of hydrogen-bond donors (Lipinski definition) is 2. The molecule has 7 heteroatoms. The van der Waals surface area contributed by atoms with Gasteiger partial charge >= 0.3 is 0 Å². The number of ether oxygens (including phenoxy) is 2. The van der Waals surface area contributed by atoms with E-state index in [-0.39, 0.29) is 5.82 Å². The fraction of sp³-hybridized carbons (Fsp3) is 0.238. The van der Waals surface area contributed by atoms with Crippen LogP contribution in [0.1, 0.15) is 11.4 Å². The second kappa shape index (κ2) is 9.03. The first-order chi connectivity index (χ1) is 13.6. The highest BCUT2D eigenvalue weighted by Crippen LogP contribution is 2.27. The van der Waals surface area contributed by atoms with E-state index in [2.05, 4.69) is 20.6 Å². The van der Waals surface area contributed by atoms with Gasteiger partial charge in [0.25, 0.3) is 0 Å². The second-order valence-electron chi connectivity index (χ2n) is 6.18. The number of halogens is 1. The van der Waals surface area contributed by atoms with Crippen molar-refractivity contribution < 1.29 is 13.9 Å². The summed E-state index contributed by atoms with van der Waals surface area (Å²) in [6.07, 6.45) is 0.796. The van der Waals surface area contributed by atoms with E-state index in [4.69, 9.17) is 9.47 Å². The summed E-state index contributed by atoms with van der Waals surface area (Å²) in [6.45, 7) is 2.53. The van der Waals surface area contributed by atoms with Gasteiger partial charge in [0.15, 0.2) is 11.5 Å². The van der Waals surface area contributed by atoms with Crippen molar-refractivity contribution in [2.75, 3.05) is 31.4 Å². The Morgan fingerprint density at radius 1 is 0.893 bits per heavy atom. The topological polar surface area (TPSA) is 68.3 Å². The zero-order chi connectivity index (χ0) is 19.9. The number of anilines is 3. The van der Waals surface area contributed by atoms with Gasteiger partial charge in [0, 0.05) is 18.3 Å². The molecule has 6 nitrogen and oxygen atoms in total. The Kier molecular flexibility index (Phi) is 6.26. The fourth-order valence-corrected chi connectivity index (χ4v) is 2.77. The lowest BCUT2D eigenvalue weighted by Crippen LogP contribution is -2.08. The Labute approximate surface area is 163 Å². The molecule has 2 N–H and O–H groups in total. The second-order valence-corrected chi connectivity index (χ2v) is 6.18. The molecular weight excluding hydrogens is 359 g/mol.